The summed E-state index contributed by atoms with van der Waals surface area (Å²) >= 11 is 0. The summed E-state index contributed by atoms with van der Waals surface area (Å²) in [6.45, 7) is 0. The molecule has 1 heterocycles. The first kappa shape index (κ1) is 16.5. The fourth-order valence-corrected chi connectivity index (χ4v) is 3.03. The SMILES string of the molecule is Nc1cccc2c1C(=O)N(c1ccc(C(=O)Nc3ccccc3)cc1)C2=O. The zero-order chi connectivity index (χ0) is 19.0. The Labute approximate surface area is 155 Å². The van der Waals surface area contributed by atoms with E-state index in [1.54, 1.807) is 54.6 Å². The summed E-state index contributed by atoms with van der Waals surface area (Å²) in [5.41, 5.74) is 8.10. The summed E-state index contributed by atoms with van der Waals surface area (Å²) in [7, 11) is 0. The van der Waals surface area contributed by atoms with E-state index in [-0.39, 0.29) is 22.7 Å². The zero-order valence-corrected chi connectivity index (χ0v) is 14.2. The third-order valence-electron chi connectivity index (χ3n) is 4.37. The molecule has 3 aromatic carbocycles. The van der Waals surface area contributed by atoms with Crippen molar-refractivity contribution < 1.29 is 14.4 Å². The van der Waals surface area contributed by atoms with Crippen molar-refractivity contribution in [2.24, 2.45) is 0 Å². The Balaban J connectivity index is 1.58. The van der Waals surface area contributed by atoms with Gasteiger partial charge in [-0.25, -0.2) is 4.90 Å². The minimum absolute atomic E-state index is 0.216. The van der Waals surface area contributed by atoms with Crippen LogP contribution in [0, 0.1) is 0 Å². The van der Waals surface area contributed by atoms with Crippen molar-refractivity contribution >= 4 is 34.8 Å². The number of fused-ring (bicyclic) bond motifs is 1. The number of amides is 3. The van der Waals surface area contributed by atoms with Gasteiger partial charge in [-0.3, -0.25) is 14.4 Å². The van der Waals surface area contributed by atoms with Crippen LogP contribution < -0.4 is 16.0 Å². The van der Waals surface area contributed by atoms with Gasteiger partial charge < -0.3 is 11.1 Å². The molecule has 6 nitrogen and oxygen atoms in total. The van der Waals surface area contributed by atoms with E-state index < -0.39 is 11.8 Å². The minimum atomic E-state index is -0.463. The van der Waals surface area contributed by atoms with E-state index in [1.165, 1.54) is 0 Å². The third-order valence-corrected chi connectivity index (χ3v) is 4.37. The fraction of sp³-hybridized carbons (Fsp3) is 0. The number of carbonyl (C=O) groups excluding carboxylic acids is 3. The fourth-order valence-electron chi connectivity index (χ4n) is 3.03. The van der Waals surface area contributed by atoms with Crippen LogP contribution in [0.5, 0.6) is 0 Å². The van der Waals surface area contributed by atoms with Crippen molar-refractivity contribution in [3.8, 4) is 0 Å². The predicted octanol–water partition coefficient (Wildman–Crippen LogP) is 3.32. The van der Waals surface area contributed by atoms with Crippen molar-refractivity contribution in [2.45, 2.75) is 0 Å². The molecule has 3 aromatic rings. The Hall–Kier alpha value is -3.93. The Morgan fingerprint density at radius 3 is 2.19 bits per heavy atom. The van der Waals surface area contributed by atoms with Crippen LogP contribution in [0.3, 0.4) is 0 Å². The van der Waals surface area contributed by atoms with E-state index in [2.05, 4.69) is 5.32 Å². The molecule has 4 rings (SSSR count). The van der Waals surface area contributed by atoms with Crippen LogP contribution in [-0.2, 0) is 0 Å². The van der Waals surface area contributed by atoms with Crippen LogP contribution in [0.1, 0.15) is 31.1 Å². The average molecular weight is 357 g/mol. The summed E-state index contributed by atoms with van der Waals surface area (Å²) in [5, 5.41) is 2.78. The second kappa shape index (κ2) is 6.42. The standard InChI is InChI=1S/C21H15N3O3/c22-17-8-4-7-16-18(17)21(27)24(20(16)26)15-11-9-13(10-12-15)19(25)23-14-5-2-1-3-6-14/h1-12H,22H2,(H,23,25). The van der Waals surface area contributed by atoms with Crippen LogP contribution in [0.15, 0.2) is 72.8 Å². The van der Waals surface area contributed by atoms with Crippen LogP contribution in [0.25, 0.3) is 0 Å². The van der Waals surface area contributed by atoms with Crippen molar-refractivity contribution in [3.63, 3.8) is 0 Å². The van der Waals surface area contributed by atoms with Gasteiger partial charge in [0, 0.05) is 16.9 Å². The van der Waals surface area contributed by atoms with Gasteiger partial charge in [0.25, 0.3) is 17.7 Å². The van der Waals surface area contributed by atoms with Gasteiger partial charge in [-0.2, -0.15) is 0 Å². The maximum Gasteiger partial charge on any atom is 0.268 e. The smallest absolute Gasteiger partial charge is 0.268 e. The molecule has 0 bridgehead atoms. The lowest BCUT2D eigenvalue weighted by molar-refractivity contribution is 0.0925. The van der Waals surface area contributed by atoms with Crippen molar-refractivity contribution in [2.75, 3.05) is 16.0 Å². The Bertz CT molecular complexity index is 1060. The largest absolute Gasteiger partial charge is 0.398 e. The van der Waals surface area contributed by atoms with E-state index in [4.69, 9.17) is 5.73 Å². The molecule has 0 aliphatic carbocycles. The second-order valence-corrected chi connectivity index (χ2v) is 6.08. The molecule has 3 amide bonds. The normalized spacial score (nSPS) is 12.8. The molecule has 0 saturated heterocycles. The summed E-state index contributed by atoms with van der Waals surface area (Å²) in [6, 6.07) is 20.2. The van der Waals surface area contributed by atoms with Crippen LogP contribution >= 0.6 is 0 Å². The van der Waals surface area contributed by atoms with Crippen LogP contribution in [-0.4, -0.2) is 17.7 Å². The van der Waals surface area contributed by atoms with E-state index in [1.807, 2.05) is 18.2 Å². The molecule has 0 aromatic heterocycles. The second-order valence-electron chi connectivity index (χ2n) is 6.08. The highest BCUT2D eigenvalue weighted by Crippen LogP contribution is 2.31. The van der Waals surface area contributed by atoms with Gasteiger partial charge >= 0.3 is 0 Å². The average Bonchev–Trinajstić information content (AvgIpc) is 2.94. The molecule has 1 aliphatic heterocycles. The zero-order valence-electron chi connectivity index (χ0n) is 14.2. The number of imide groups is 1. The number of hydrogen-bond acceptors (Lipinski definition) is 4. The first-order valence-electron chi connectivity index (χ1n) is 8.30. The van der Waals surface area contributed by atoms with Gasteiger partial charge in [0.05, 0.1) is 16.8 Å². The number of nitrogens with zero attached hydrogens (tertiary/aromatic N) is 1. The number of nitrogens with two attached hydrogens (primary N) is 1. The predicted molar refractivity (Wildman–Crippen MR) is 103 cm³/mol. The highest BCUT2D eigenvalue weighted by Gasteiger charge is 2.38. The lowest BCUT2D eigenvalue weighted by Gasteiger charge is -2.14. The molecule has 0 atom stereocenters. The molecule has 27 heavy (non-hydrogen) atoms. The highest BCUT2D eigenvalue weighted by molar-refractivity contribution is 6.36. The summed E-state index contributed by atoms with van der Waals surface area (Å²) < 4.78 is 0. The summed E-state index contributed by atoms with van der Waals surface area (Å²) in [4.78, 5) is 38.6. The van der Waals surface area contributed by atoms with Gasteiger partial charge in [-0.05, 0) is 48.5 Å². The Kier molecular flexibility index (Phi) is 3.93. The van der Waals surface area contributed by atoms with E-state index in [0.717, 1.165) is 4.90 Å². The lowest BCUT2D eigenvalue weighted by Crippen LogP contribution is -2.29. The van der Waals surface area contributed by atoms with Gasteiger partial charge in [0.2, 0.25) is 0 Å². The van der Waals surface area contributed by atoms with Gasteiger partial charge in [0.15, 0.2) is 0 Å². The van der Waals surface area contributed by atoms with Crippen LogP contribution in [0.4, 0.5) is 17.1 Å². The lowest BCUT2D eigenvalue weighted by atomic mass is 10.1. The Morgan fingerprint density at radius 1 is 0.815 bits per heavy atom. The summed E-state index contributed by atoms with van der Waals surface area (Å²) in [5.74, 6) is -1.17. The van der Waals surface area contributed by atoms with Crippen LogP contribution in [0.2, 0.25) is 0 Å². The number of nitrogen functional groups attached to an aromatic ring is 1. The quantitative estimate of drug-likeness (QED) is 0.555. The molecular formula is C21H15N3O3. The number of anilines is 3. The number of benzene rings is 3. The monoisotopic (exact) mass is 357 g/mol. The number of para-hydroxylation sites is 1. The highest BCUT2D eigenvalue weighted by atomic mass is 16.2. The van der Waals surface area contributed by atoms with Crippen molar-refractivity contribution in [1.29, 1.82) is 0 Å². The van der Waals surface area contributed by atoms with E-state index in [0.29, 0.717) is 16.9 Å². The maximum absolute atomic E-state index is 12.6. The Morgan fingerprint density at radius 2 is 1.52 bits per heavy atom. The van der Waals surface area contributed by atoms with Crippen molar-refractivity contribution in [3.05, 3.63) is 89.5 Å². The molecule has 1 aliphatic rings. The van der Waals surface area contributed by atoms with Crippen molar-refractivity contribution in [1.82, 2.24) is 0 Å². The first-order chi connectivity index (χ1) is 13.1. The van der Waals surface area contributed by atoms with Gasteiger partial charge in [-0.1, -0.05) is 24.3 Å². The minimum Gasteiger partial charge on any atom is -0.398 e. The number of carbonyl (C=O) groups is 3. The molecule has 0 saturated carbocycles. The first-order valence-corrected chi connectivity index (χ1v) is 8.30. The number of rotatable bonds is 3. The number of hydrogen-bond donors (Lipinski definition) is 2. The van der Waals surface area contributed by atoms with Gasteiger partial charge in [-0.15, -0.1) is 0 Å². The van der Waals surface area contributed by atoms with E-state index >= 15 is 0 Å². The number of nitrogens with one attached hydrogen (secondary N) is 1. The molecule has 132 valence electrons. The molecule has 0 unspecified atom stereocenters. The summed E-state index contributed by atoms with van der Waals surface area (Å²) in [6.07, 6.45) is 0. The van der Waals surface area contributed by atoms with E-state index in [9.17, 15) is 14.4 Å². The molecule has 0 radical (unpaired) electrons. The molecular weight excluding hydrogens is 342 g/mol. The topological polar surface area (TPSA) is 92.5 Å². The third kappa shape index (κ3) is 2.83. The molecule has 0 fully saturated rings. The maximum atomic E-state index is 12.6. The van der Waals surface area contributed by atoms with Gasteiger partial charge in [0.1, 0.15) is 0 Å². The molecule has 0 spiro atoms. The molecule has 3 N–H and O–H groups in total. The molecule has 6 heteroatoms.